The van der Waals surface area contributed by atoms with Crippen molar-refractivity contribution in [3.05, 3.63) is 42.1 Å². The maximum Gasteiger partial charge on any atom is 0.286 e. The van der Waals surface area contributed by atoms with Gasteiger partial charge in [0.2, 0.25) is 5.91 Å². The molecule has 3 heterocycles. The number of benzene rings is 1. The van der Waals surface area contributed by atoms with Crippen LogP contribution in [0.4, 0.5) is 11.5 Å². The minimum absolute atomic E-state index is 0.0787. The van der Waals surface area contributed by atoms with Crippen molar-refractivity contribution in [2.45, 2.75) is 25.2 Å². The third kappa shape index (κ3) is 3.67. The van der Waals surface area contributed by atoms with Gasteiger partial charge in [0.25, 0.3) is 10.0 Å². The summed E-state index contributed by atoms with van der Waals surface area (Å²) < 4.78 is 34.5. The zero-order valence-corrected chi connectivity index (χ0v) is 18.1. The first-order chi connectivity index (χ1) is 14.7. The fraction of sp³-hybridized carbons (Fsp3) is 0.333. The van der Waals surface area contributed by atoms with Gasteiger partial charge in [0.05, 0.1) is 18.4 Å². The van der Waals surface area contributed by atoms with Crippen LogP contribution in [0.15, 0.2) is 45.8 Å². The summed E-state index contributed by atoms with van der Waals surface area (Å²) in [6.45, 7) is 4.42. The van der Waals surface area contributed by atoms with E-state index >= 15 is 0 Å². The van der Waals surface area contributed by atoms with Gasteiger partial charge in [-0.1, -0.05) is 13.8 Å². The van der Waals surface area contributed by atoms with Gasteiger partial charge in [-0.15, -0.1) is 4.40 Å². The van der Waals surface area contributed by atoms with Crippen molar-refractivity contribution >= 4 is 39.1 Å². The van der Waals surface area contributed by atoms with Gasteiger partial charge in [-0.2, -0.15) is 8.42 Å². The summed E-state index contributed by atoms with van der Waals surface area (Å²) >= 11 is 0. The van der Waals surface area contributed by atoms with E-state index in [1.807, 2.05) is 13.8 Å². The highest BCUT2D eigenvalue weighted by Crippen LogP contribution is 2.35. The van der Waals surface area contributed by atoms with E-state index in [1.54, 1.807) is 18.2 Å². The number of nitrogens with one attached hydrogen (secondary N) is 1. The van der Waals surface area contributed by atoms with E-state index in [0.29, 0.717) is 30.5 Å². The van der Waals surface area contributed by atoms with Crippen molar-refractivity contribution < 1.29 is 22.7 Å². The van der Waals surface area contributed by atoms with Crippen LogP contribution in [0.1, 0.15) is 30.6 Å². The second-order valence-electron chi connectivity index (χ2n) is 7.78. The zero-order valence-electron chi connectivity index (χ0n) is 17.3. The quantitative estimate of drug-likeness (QED) is 0.707. The molecule has 9 nitrogen and oxygen atoms in total. The number of aromatic nitrogens is 1. The minimum atomic E-state index is -4.13. The van der Waals surface area contributed by atoms with Crippen LogP contribution in [0.25, 0.3) is 0 Å². The smallest absolute Gasteiger partial charge is 0.286 e. The monoisotopic (exact) mass is 442 g/mol. The lowest BCUT2D eigenvalue weighted by molar-refractivity contribution is -0.119. The van der Waals surface area contributed by atoms with Crippen LogP contribution in [-0.4, -0.2) is 44.6 Å². The fourth-order valence-electron chi connectivity index (χ4n) is 3.59. The van der Waals surface area contributed by atoms with E-state index in [9.17, 15) is 18.0 Å². The fourth-order valence-corrected chi connectivity index (χ4v) is 4.76. The molecule has 0 saturated heterocycles. The summed E-state index contributed by atoms with van der Waals surface area (Å²) in [5.41, 5.74) is 0.496. The van der Waals surface area contributed by atoms with Crippen molar-refractivity contribution in [1.29, 1.82) is 0 Å². The molecule has 2 aromatic rings. The van der Waals surface area contributed by atoms with Gasteiger partial charge in [-0.25, -0.2) is 4.98 Å². The number of carbonyl (C=O) groups excluding carboxylic acids is 2. The van der Waals surface area contributed by atoms with E-state index in [1.165, 1.54) is 30.3 Å². The summed E-state index contributed by atoms with van der Waals surface area (Å²) in [5, 5.41) is 2.88. The number of nitrogens with zero attached hydrogens (tertiary/aromatic N) is 3. The second-order valence-corrected chi connectivity index (χ2v) is 9.36. The number of anilines is 2. The molecule has 0 fully saturated rings. The number of amides is 1. The van der Waals surface area contributed by atoms with Crippen LogP contribution >= 0.6 is 0 Å². The van der Waals surface area contributed by atoms with Crippen molar-refractivity contribution in [2.75, 3.05) is 23.9 Å². The van der Waals surface area contributed by atoms with E-state index in [4.69, 9.17) is 4.74 Å². The Morgan fingerprint density at radius 2 is 2.00 bits per heavy atom. The van der Waals surface area contributed by atoms with Crippen LogP contribution in [0.3, 0.4) is 0 Å². The first kappa shape index (κ1) is 21.0. The average Bonchev–Trinajstić information content (AvgIpc) is 2.73. The normalized spacial score (nSPS) is 19.4. The molecular formula is C21H22N4O5S. The highest BCUT2D eigenvalue weighted by atomic mass is 32.2. The first-order valence-electron chi connectivity index (χ1n) is 9.83. The molecule has 2 aliphatic heterocycles. The molecule has 162 valence electrons. The Kier molecular flexibility index (Phi) is 5.26. The zero-order chi connectivity index (χ0) is 22.3. The lowest BCUT2D eigenvalue weighted by Gasteiger charge is -2.33. The highest BCUT2D eigenvalue weighted by molar-refractivity contribution is 7.90. The third-order valence-electron chi connectivity index (χ3n) is 5.23. The van der Waals surface area contributed by atoms with Gasteiger partial charge >= 0.3 is 0 Å². The van der Waals surface area contributed by atoms with E-state index in [-0.39, 0.29) is 22.0 Å². The number of amidine groups is 1. The molecule has 2 aliphatic rings. The molecule has 1 unspecified atom stereocenters. The number of ketones is 1. The first-order valence-corrected chi connectivity index (χ1v) is 11.3. The Morgan fingerprint density at radius 3 is 2.71 bits per heavy atom. The number of ether oxygens (including phenoxy) is 1. The SMILES string of the molecule is COc1ccc2c(c1)S(=O)(=O)N=C(C1C(=O)c3cccnc3N(CCC(C)C)C1=O)N2. The molecule has 0 bridgehead atoms. The Balaban J connectivity index is 1.78. The van der Waals surface area contributed by atoms with Gasteiger partial charge in [0.15, 0.2) is 11.7 Å². The Morgan fingerprint density at radius 1 is 1.23 bits per heavy atom. The molecule has 1 atom stereocenters. The van der Waals surface area contributed by atoms with Crippen LogP contribution in [-0.2, 0) is 14.8 Å². The van der Waals surface area contributed by atoms with Crippen LogP contribution < -0.4 is 15.0 Å². The van der Waals surface area contributed by atoms with Gasteiger partial charge in [-0.05, 0) is 36.6 Å². The molecule has 1 N–H and O–H groups in total. The molecule has 10 heteroatoms. The van der Waals surface area contributed by atoms with E-state index in [0.717, 1.165) is 0 Å². The summed E-state index contributed by atoms with van der Waals surface area (Å²) in [6.07, 6.45) is 2.22. The maximum atomic E-state index is 13.4. The summed E-state index contributed by atoms with van der Waals surface area (Å²) in [5.74, 6) is -1.72. The van der Waals surface area contributed by atoms with Gasteiger partial charge in [0, 0.05) is 18.8 Å². The topological polar surface area (TPSA) is 118 Å². The van der Waals surface area contributed by atoms with E-state index in [2.05, 4.69) is 14.7 Å². The van der Waals surface area contributed by atoms with Gasteiger partial charge in [0.1, 0.15) is 22.3 Å². The number of hydrogen-bond donors (Lipinski definition) is 1. The van der Waals surface area contributed by atoms with E-state index < -0.39 is 27.6 Å². The molecule has 0 saturated carbocycles. The Labute approximate surface area is 180 Å². The number of methoxy groups -OCH3 is 1. The number of Topliss-reactive ketones (excluding diaryl/α,β-unsaturated/α-hetero) is 1. The van der Waals surface area contributed by atoms with Crippen LogP contribution in [0, 0.1) is 11.8 Å². The van der Waals surface area contributed by atoms with Gasteiger partial charge in [-0.3, -0.25) is 14.5 Å². The number of sulfonamides is 1. The number of rotatable bonds is 5. The Bertz CT molecular complexity index is 1210. The molecule has 0 spiro atoms. The molecule has 4 rings (SSSR count). The highest BCUT2D eigenvalue weighted by Gasteiger charge is 2.45. The number of fused-ring (bicyclic) bond motifs is 2. The standard InChI is InChI=1S/C21H22N4O5S/c1-12(2)8-10-25-20-14(5-4-9-22-20)18(26)17(21(25)27)19-23-15-7-6-13(30-3)11-16(15)31(28,29)24-19/h4-7,9,11-12,17H,8,10H2,1-3H3,(H,23,24). The number of hydrogen-bond acceptors (Lipinski definition) is 7. The second kappa shape index (κ2) is 7.77. The molecule has 0 radical (unpaired) electrons. The van der Waals surface area contributed by atoms with Crippen molar-refractivity contribution in [2.24, 2.45) is 16.2 Å². The van der Waals surface area contributed by atoms with Crippen molar-refractivity contribution in [3.63, 3.8) is 0 Å². The molecule has 1 aromatic heterocycles. The molecule has 0 aliphatic carbocycles. The lowest BCUT2D eigenvalue weighted by atomic mass is 9.90. The van der Waals surface area contributed by atoms with Gasteiger partial charge < -0.3 is 10.1 Å². The maximum absolute atomic E-state index is 13.4. The lowest BCUT2D eigenvalue weighted by Crippen LogP contribution is -2.51. The largest absolute Gasteiger partial charge is 0.497 e. The van der Waals surface area contributed by atoms with Crippen LogP contribution in [0.2, 0.25) is 0 Å². The summed E-state index contributed by atoms with van der Waals surface area (Å²) in [4.78, 5) is 32.2. The molecule has 1 amide bonds. The molecular weight excluding hydrogens is 420 g/mol. The predicted octanol–water partition coefficient (Wildman–Crippen LogP) is 2.49. The number of carbonyl (C=O) groups is 2. The molecule has 31 heavy (non-hydrogen) atoms. The predicted molar refractivity (Wildman–Crippen MR) is 115 cm³/mol. The molecule has 1 aromatic carbocycles. The third-order valence-corrected chi connectivity index (χ3v) is 6.57. The van der Waals surface area contributed by atoms with Crippen molar-refractivity contribution in [3.8, 4) is 5.75 Å². The van der Waals surface area contributed by atoms with Crippen molar-refractivity contribution in [1.82, 2.24) is 4.98 Å². The minimum Gasteiger partial charge on any atom is -0.497 e. The summed E-state index contributed by atoms with van der Waals surface area (Å²) in [6, 6.07) is 7.64. The summed E-state index contributed by atoms with van der Waals surface area (Å²) in [7, 11) is -2.71. The van der Waals surface area contributed by atoms with Crippen LogP contribution in [0.5, 0.6) is 5.75 Å². The Hall–Kier alpha value is -3.27. The number of pyridine rings is 1. The average molecular weight is 442 g/mol.